The zero-order valence-corrected chi connectivity index (χ0v) is 12.3. The lowest BCUT2D eigenvalue weighted by Gasteiger charge is -2.08. The molecule has 0 saturated heterocycles. The van der Waals surface area contributed by atoms with Crippen LogP contribution in [0.4, 0.5) is 10.1 Å². The summed E-state index contributed by atoms with van der Waals surface area (Å²) in [7, 11) is 0. The fraction of sp³-hybridized carbons (Fsp3) is 0.0714. The van der Waals surface area contributed by atoms with Crippen LogP contribution < -0.4 is 5.32 Å². The molecule has 0 fully saturated rings. The molecule has 0 saturated carbocycles. The van der Waals surface area contributed by atoms with Crippen molar-refractivity contribution in [3.8, 4) is 0 Å². The maximum Gasteiger partial charge on any atom is 0.255 e. The summed E-state index contributed by atoms with van der Waals surface area (Å²) in [5, 5.41) is 3.19. The predicted molar refractivity (Wildman–Crippen MR) is 78.2 cm³/mol. The average Bonchev–Trinajstić information content (AvgIpc) is 2.37. The lowest BCUT2D eigenvalue weighted by Crippen LogP contribution is -2.12. The molecule has 1 N–H and O–H groups in total. The highest BCUT2D eigenvalue weighted by molar-refractivity contribution is 9.10. The van der Waals surface area contributed by atoms with Crippen LogP contribution in [0.25, 0.3) is 0 Å². The Morgan fingerprint density at radius 3 is 2.68 bits per heavy atom. The molecule has 0 aliphatic heterocycles. The van der Waals surface area contributed by atoms with E-state index in [-0.39, 0.29) is 11.5 Å². The first-order chi connectivity index (χ1) is 8.97. The molecule has 98 valence electrons. The minimum atomic E-state index is -0.405. The lowest BCUT2D eigenvalue weighted by atomic mass is 10.1. The Kier molecular flexibility index (Phi) is 4.22. The normalized spacial score (nSPS) is 10.3. The van der Waals surface area contributed by atoms with Crippen LogP contribution in [0, 0.1) is 12.7 Å². The predicted octanol–water partition coefficient (Wildman–Crippen LogP) is 4.80. The number of hydrogen-bond donors (Lipinski definition) is 1. The quantitative estimate of drug-likeness (QED) is 0.834. The summed E-state index contributed by atoms with van der Waals surface area (Å²) < 4.78 is 14.1. The second-order valence-corrected chi connectivity index (χ2v) is 5.33. The lowest BCUT2D eigenvalue weighted by molar-refractivity contribution is 0.102. The Morgan fingerprint density at radius 1 is 1.26 bits per heavy atom. The van der Waals surface area contributed by atoms with Crippen LogP contribution in [0.15, 0.2) is 40.9 Å². The van der Waals surface area contributed by atoms with Gasteiger partial charge in [-0.25, -0.2) is 4.39 Å². The van der Waals surface area contributed by atoms with E-state index in [9.17, 15) is 9.18 Å². The Bertz CT molecular complexity index is 645. The average molecular weight is 343 g/mol. The zero-order valence-electron chi connectivity index (χ0n) is 10.0. The van der Waals surface area contributed by atoms with Gasteiger partial charge in [-0.15, -0.1) is 0 Å². The second kappa shape index (κ2) is 5.72. The molecule has 2 rings (SSSR count). The highest BCUT2D eigenvalue weighted by Gasteiger charge is 2.10. The van der Waals surface area contributed by atoms with Gasteiger partial charge >= 0.3 is 0 Å². The number of halogens is 3. The van der Waals surface area contributed by atoms with Crippen molar-refractivity contribution in [3.05, 3.63) is 62.8 Å². The van der Waals surface area contributed by atoms with E-state index < -0.39 is 5.82 Å². The van der Waals surface area contributed by atoms with E-state index in [1.807, 2.05) is 0 Å². The van der Waals surface area contributed by atoms with Gasteiger partial charge in [0.2, 0.25) is 0 Å². The van der Waals surface area contributed by atoms with Crippen LogP contribution in [0.5, 0.6) is 0 Å². The van der Waals surface area contributed by atoms with E-state index in [1.54, 1.807) is 37.3 Å². The van der Waals surface area contributed by atoms with Gasteiger partial charge in [0, 0.05) is 15.1 Å². The summed E-state index contributed by atoms with van der Waals surface area (Å²) in [4.78, 5) is 12.0. The van der Waals surface area contributed by atoms with Gasteiger partial charge < -0.3 is 5.32 Å². The summed E-state index contributed by atoms with van der Waals surface area (Å²) in [6.07, 6.45) is 0. The number of benzene rings is 2. The minimum Gasteiger partial charge on any atom is -0.321 e. The van der Waals surface area contributed by atoms with E-state index in [0.717, 1.165) is 0 Å². The van der Waals surface area contributed by atoms with Crippen molar-refractivity contribution in [1.82, 2.24) is 0 Å². The number of hydrogen-bond acceptors (Lipinski definition) is 1. The van der Waals surface area contributed by atoms with Crippen LogP contribution in [-0.2, 0) is 0 Å². The van der Waals surface area contributed by atoms with Crippen molar-refractivity contribution in [3.63, 3.8) is 0 Å². The Labute approximate surface area is 123 Å². The molecule has 1 amide bonds. The molecule has 0 bridgehead atoms. The molecule has 19 heavy (non-hydrogen) atoms. The number of carbonyl (C=O) groups excluding carboxylic acids is 1. The summed E-state index contributed by atoms with van der Waals surface area (Å²) in [5.74, 6) is -0.792. The molecule has 2 aromatic carbocycles. The van der Waals surface area contributed by atoms with Gasteiger partial charge in [0.1, 0.15) is 5.82 Å². The SMILES string of the molecule is Cc1ccc(C(=O)Nc2cc(Cl)ccc2Br)cc1F. The van der Waals surface area contributed by atoms with Crippen molar-refractivity contribution in [1.29, 1.82) is 0 Å². The molecule has 5 heteroatoms. The van der Waals surface area contributed by atoms with Crippen molar-refractivity contribution >= 4 is 39.1 Å². The molecule has 0 aliphatic rings. The third kappa shape index (κ3) is 3.33. The molecule has 0 aliphatic carbocycles. The third-order valence-electron chi connectivity index (χ3n) is 2.61. The summed E-state index contributed by atoms with van der Waals surface area (Å²) in [6.45, 7) is 1.64. The largest absolute Gasteiger partial charge is 0.321 e. The zero-order chi connectivity index (χ0) is 14.0. The van der Waals surface area contributed by atoms with Crippen molar-refractivity contribution < 1.29 is 9.18 Å². The number of nitrogens with one attached hydrogen (secondary N) is 1. The number of amides is 1. The van der Waals surface area contributed by atoms with Gasteiger partial charge in [0.05, 0.1) is 5.69 Å². The Morgan fingerprint density at radius 2 is 2.00 bits per heavy atom. The number of carbonyl (C=O) groups is 1. The maximum atomic E-state index is 13.4. The summed E-state index contributed by atoms with van der Waals surface area (Å²) >= 11 is 9.17. The first-order valence-electron chi connectivity index (χ1n) is 5.50. The first kappa shape index (κ1) is 14.0. The molecule has 0 spiro atoms. The number of rotatable bonds is 2. The molecule has 0 heterocycles. The molecule has 2 aromatic rings. The smallest absolute Gasteiger partial charge is 0.255 e. The molecule has 0 atom stereocenters. The van der Waals surface area contributed by atoms with Crippen LogP contribution in [0.1, 0.15) is 15.9 Å². The minimum absolute atomic E-state index is 0.259. The van der Waals surface area contributed by atoms with Crippen molar-refractivity contribution in [2.75, 3.05) is 5.32 Å². The highest BCUT2D eigenvalue weighted by atomic mass is 79.9. The summed E-state index contributed by atoms with van der Waals surface area (Å²) in [5.41, 5.74) is 1.30. The Balaban J connectivity index is 2.25. The summed E-state index contributed by atoms with van der Waals surface area (Å²) in [6, 6.07) is 9.40. The van der Waals surface area contributed by atoms with E-state index in [1.165, 1.54) is 6.07 Å². The molecule has 0 unspecified atom stereocenters. The maximum absolute atomic E-state index is 13.4. The van der Waals surface area contributed by atoms with Crippen LogP contribution in [0.2, 0.25) is 5.02 Å². The van der Waals surface area contributed by atoms with Gasteiger partial charge in [0.25, 0.3) is 5.91 Å². The van der Waals surface area contributed by atoms with E-state index in [2.05, 4.69) is 21.2 Å². The van der Waals surface area contributed by atoms with Crippen LogP contribution >= 0.6 is 27.5 Å². The van der Waals surface area contributed by atoms with Gasteiger partial charge in [-0.1, -0.05) is 17.7 Å². The van der Waals surface area contributed by atoms with Gasteiger partial charge in [-0.3, -0.25) is 4.79 Å². The fourth-order valence-electron chi connectivity index (χ4n) is 1.52. The van der Waals surface area contributed by atoms with E-state index in [0.29, 0.717) is 20.7 Å². The van der Waals surface area contributed by atoms with E-state index >= 15 is 0 Å². The first-order valence-corrected chi connectivity index (χ1v) is 6.67. The number of aryl methyl sites for hydroxylation is 1. The van der Waals surface area contributed by atoms with Crippen LogP contribution in [-0.4, -0.2) is 5.91 Å². The highest BCUT2D eigenvalue weighted by Crippen LogP contribution is 2.26. The molecular weight excluding hydrogens is 333 g/mol. The van der Waals surface area contributed by atoms with Gasteiger partial charge in [-0.2, -0.15) is 0 Å². The fourth-order valence-corrected chi connectivity index (χ4v) is 2.04. The molecule has 0 radical (unpaired) electrons. The topological polar surface area (TPSA) is 29.1 Å². The second-order valence-electron chi connectivity index (χ2n) is 4.04. The van der Waals surface area contributed by atoms with Gasteiger partial charge in [0.15, 0.2) is 0 Å². The standard InChI is InChI=1S/C14H10BrClFNO/c1-8-2-3-9(6-12(8)17)14(19)18-13-7-10(16)4-5-11(13)15/h2-7H,1H3,(H,18,19). The molecule has 0 aromatic heterocycles. The third-order valence-corrected chi connectivity index (χ3v) is 3.54. The number of anilines is 1. The van der Waals surface area contributed by atoms with Crippen molar-refractivity contribution in [2.24, 2.45) is 0 Å². The van der Waals surface area contributed by atoms with Gasteiger partial charge in [-0.05, 0) is 58.7 Å². The van der Waals surface area contributed by atoms with Crippen LogP contribution in [0.3, 0.4) is 0 Å². The monoisotopic (exact) mass is 341 g/mol. The van der Waals surface area contributed by atoms with E-state index in [4.69, 9.17) is 11.6 Å². The molecular formula is C14H10BrClFNO. The Hall–Kier alpha value is -1.39. The van der Waals surface area contributed by atoms with Crippen molar-refractivity contribution in [2.45, 2.75) is 6.92 Å². The molecule has 2 nitrogen and oxygen atoms in total.